The lowest BCUT2D eigenvalue weighted by molar-refractivity contribution is -0.117. The summed E-state index contributed by atoms with van der Waals surface area (Å²) in [5, 5.41) is 3.51. The molecule has 1 N–H and O–H groups in total. The summed E-state index contributed by atoms with van der Waals surface area (Å²) in [5.41, 5.74) is 3.91. The molecule has 158 valence electrons. The first-order chi connectivity index (χ1) is 15.0. The van der Waals surface area contributed by atoms with E-state index in [4.69, 9.17) is 16.6 Å². The molecule has 0 aliphatic heterocycles. The van der Waals surface area contributed by atoms with Gasteiger partial charge in [-0.15, -0.1) is 0 Å². The van der Waals surface area contributed by atoms with E-state index in [1.165, 1.54) is 5.56 Å². The Kier molecular flexibility index (Phi) is 6.30. The number of amides is 1. The molecule has 0 aliphatic rings. The van der Waals surface area contributed by atoms with Crippen LogP contribution in [0.4, 0.5) is 5.82 Å². The SMILES string of the molecule is Cc1cccc(NC(=O)CN(C)Cc2nc3cc(Cl)ccc3n2Cc2ccccc2)n1. The highest BCUT2D eigenvalue weighted by atomic mass is 35.5. The van der Waals surface area contributed by atoms with Crippen molar-refractivity contribution in [1.29, 1.82) is 0 Å². The summed E-state index contributed by atoms with van der Waals surface area (Å²) >= 11 is 6.18. The molecule has 2 aromatic heterocycles. The number of aromatic nitrogens is 3. The second kappa shape index (κ2) is 9.29. The van der Waals surface area contributed by atoms with Crippen molar-refractivity contribution < 1.29 is 4.79 Å². The molecular weight excluding hydrogens is 410 g/mol. The second-order valence-electron chi connectivity index (χ2n) is 7.62. The van der Waals surface area contributed by atoms with Gasteiger partial charge in [0.15, 0.2) is 0 Å². The van der Waals surface area contributed by atoms with Crippen LogP contribution in [0.5, 0.6) is 0 Å². The molecule has 6 nitrogen and oxygen atoms in total. The van der Waals surface area contributed by atoms with Gasteiger partial charge in [-0.2, -0.15) is 0 Å². The third-order valence-electron chi connectivity index (χ3n) is 4.95. The van der Waals surface area contributed by atoms with Crippen LogP contribution in [-0.4, -0.2) is 38.9 Å². The number of rotatable bonds is 7. The smallest absolute Gasteiger partial charge is 0.239 e. The average Bonchev–Trinajstić information content (AvgIpc) is 3.04. The largest absolute Gasteiger partial charge is 0.322 e. The molecule has 0 bridgehead atoms. The summed E-state index contributed by atoms with van der Waals surface area (Å²) in [7, 11) is 1.91. The molecule has 4 aromatic rings. The Bertz CT molecular complexity index is 1210. The van der Waals surface area contributed by atoms with Gasteiger partial charge in [-0.3, -0.25) is 9.69 Å². The van der Waals surface area contributed by atoms with E-state index < -0.39 is 0 Å². The summed E-state index contributed by atoms with van der Waals surface area (Å²) in [6.07, 6.45) is 0. The molecule has 2 aromatic carbocycles. The summed E-state index contributed by atoms with van der Waals surface area (Å²) in [6, 6.07) is 21.5. The highest BCUT2D eigenvalue weighted by Crippen LogP contribution is 2.22. The number of carbonyl (C=O) groups is 1. The fraction of sp³-hybridized carbons (Fsp3) is 0.208. The van der Waals surface area contributed by atoms with Crippen LogP contribution in [0.3, 0.4) is 0 Å². The number of likely N-dealkylation sites (N-methyl/N-ethyl adjacent to an activating group) is 1. The molecule has 0 atom stereocenters. The van der Waals surface area contributed by atoms with Crippen LogP contribution < -0.4 is 5.32 Å². The Labute approximate surface area is 186 Å². The fourth-order valence-corrected chi connectivity index (χ4v) is 3.72. The van der Waals surface area contributed by atoms with Gasteiger partial charge in [0.05, 0.1) is 24.1 Å². The minimum atomic E-state index is -0.116. The minimum Gasteiger partial charge on any atom is -0.322 e. The number of anilines is 1. The third kappa shape index (κ3) is 5.29. The van der Waals surface area contributed by atoms with E-state index in [9.17, 15) is 4.79 Å². The van der Waals surface area contributed by atoms with E-state index in [1.54, 1.807) is 6.07 Å². The van der Waals surface area contributed by atoms with Gasteiger partial charge < -0.3 is 9.88 Å². The number of aryl methyl sites for hydroxylation is 1. The van der Waals surface area contributed by atoms with E-state index in [1.807, 2.05) is 67.4 Å². The Hall–Kier alpha value is -3.22. The van der Waals surface area contributed by atoms with Gasteiger partial charge in [-0.05, 0) is 49.9 Å². The van der Waals surface area contributed by atoms with Gasteiger partial charge in [0.1, 0.15) is 11.6 Å². The van der Waals surface area contributed by atoms with Gasteiger partial charge in [0, 0.05) is 17.3 Å². The molecule has 0 fully saturated rings. The van der Waals surface area contributed by atoms with Gasteiger partial charge in [-0.25, -0.2) is 9.97 Å². The number of fused-ring (bicyclic) bond motifs is 1. The van der Waals surface area contributed by atoms with Crippen LogP contribution in [-0.2, 0) is 17.9 Å². The number of benzene rings is 2. The monoisotopic (exact) mass is 433 g/mol. The van der Waals surface area contributed by atoms with Crippen molar-refractivity contribution in [3.63, 3.8) is 0 Å². The van der Waals surface area contributed by atoms with E-state index in [0.717, 1.165) is 22.6 Å². The van der Waals surface area contributed by atoms with Crippen LogP contribution >= 0.6 is 11.6 Å². The first-order valence-electron chi connectivity index (χ1n) is 10.1. The van der Waals surface area contributed by atoms with Gasteiger partial charge in [0.2, 0.25) is 5.91 Å². The molecule has 0 spiro atoms. The Morgan fingerprint density at radius 2 is 1.87 bits per heavy atom. The maximum atomic E-state index is 12.5. The first-order valence-corrected chi connectivity index (χ1v) is 10.5. The van der Waals surface area contributed by atoms with Gasteiger partial charge in [-0.1, -0.05) is 48.0 Å². The summed E-state index contributed by atoms with van der Waals surface area (Å²) in [5.74, 6) is 1.32. The number of imidazole rings is 1. The molecule has 0 unspecified atom stereocenters. The average molecular weight is 434 g/mol. The van der Waals surface area contributed by atoms with E-state index in [0.29, 0.717) is 23.9 Å². The first kappa shape index (κ1) is 21.0. The maximum absolute atomic E-state index is 12.5. The van der Waals surface area contributed by atoms with Gasteiger partial charge >= 0.3 is 0 Å². The third-order valence-corrected chi connectivity index (χ3v) is 5.19. The number of carbonyl (C=O) groups excluding carboxylic acids is 1. The van der Waals surface area contributed by atoms with Crippen molar-refractivity contribution >= 4 is 34.4 Å². The van der Waals surface area contributed by atoms with E-state index in [-0.39, 0.29) is 12.5 Å². The van der Waals surface area contributed by atoms with Crippen molar-refractivity contribution in [3.05, 3.63) is 88.8 Å². The molecule has 4 rings (SSSR count). The van der Waals surface area contributed by atoms with Crippen LogP contribution in [0.1, 0.15) is 17.1 Å². The molecule has 2 heterocycles. The van der Waals surface area contributed by atoms with Crippen LogP contribution in [0.15, 0.2) is 66.7 Å². The minimum absolute atomic E-state index is 0.116. The second-order valence-corrected chi connectivity index (χ2v) is 8.05. The number of hydrogen-bond donors (Lipinski definition) is 1. The normalized spacial score (nSPS) is 11.2. The van der Waals surface area contributed by atoms with E-state index in [2.05, 4.69) is 27.0 Å². The number of nitrogens with one attached hydrogen (secondary N) is 1. The number of halogens is 1. The van der Waals surface area contributed by atoms with Crippen LogP contribution in [0, 0.1) is 6.92 Å². The summed E-state index contributed by atoms with van der Waals surface area (Å²) < 4.78 is 2.18. The molecule has 7 heteroatoms. The highest BCUT2D eigenvalue weighted by Gasteiger charge is 2.15. The highest BCUT2D eigenvalue weighted by molar-refractivity contribution is 6.31. The molecule has 31 heavy (non-hydrogen) atoms. The molecule has 0 saturated heterocycles. The predicted octanol–water partition coefficient (Wildman–Crippen LogP) is 4.51. The molecule has 0 aliphatic carbocycles. The zero-order chi connectivity index (χ0) is 21.8. The van der Waals surface area contributed by atoms with Crippen LogP contribution in [0.25, 0.3) is 11.0 Å². The zero-order valence-corrected chi connectivity index (χ0v) is 18.3. The van der Waals surface area contributed by atoms with Crippen molar-refractivity contribution in [2.24, 2.45) is 0 Å². The molecule has 0 saturated carbocycles. The summed E-state index contributed by atoms with van der Waals surface area (Å²) in [6.45, 7) is 3.34. The van der Waals surface area contributed by atoms with Crippen molar-refractivity contribution in [1.82, 2.24) is 19.4 Å². The van der Waals surface area contributed by atoms with Crippen molar-refractivity contribution in [2.75, 3.05) is 18.9 Å². The number of pyridine rings is 1. The predicted molar refractivity (Wildman–Crippen MR) is 124 cm³/mol. The van der Waals surface area contributed by atoms with Gasteiger partial charge in [0.25, 0.3) is 0 Å². The lowest BCUT2D eigenvalue weighted by atomic mass is 10.2. The van der Waals surface area contributed by atoms with Crippen molar-refractivity contribution in [3.8, 4) is 0 Å². The zero-order valence-electron chi connectivity index (χ0n) is 17.5. The van der Waals surface area contributed by atoms with Crippen LogP contribution in [0.2, 0.25) is 5.02 Å². The number of nitrogens with zero attached hydrogens (tertiary/aromatic N) is 4. The molecule has 0 radical (unpaired) electrons. The molecule has 1 amide bonds. The molecular formula is C24H24ClN5O. The lowest BCUT2D eigenvalue weighted by Crippen LogP contribution is -2.31. The summed E-state index contributed by atoms with van der Waals surface area (Å²) in [4.78, 5) is 23.5. The fourth-order valence-electron chi connectivity index (χ4n) is 3.55. The Morgan fingerprint density at radius 3 is 2.65 bits per heavy atom. The maximum Gasteiger partial charge on any atom is 0.239 e. The van der Waals surface area contributed by atoms with E-state index >= 15 is 0 Å². The Balaban J connectivity index is 1.52. The quantitative estimate of drug-likeness (QED) is 0.465. The topological polar surface area (TPSA) is 63.1 Å². The Morgan fingerprint density at radius 1 is 1.06 bits per heavy atom. The lowest BCUT2D eigenvalue weighted by Gasteiger charge is -2.17. The standard InChI is InChI=1S/C24H24ClN5O/c1-17-7-6-10-22(26-17)28-24(31)16-29(2)15-23-27-20-13-19(25)11-12-21(20)30(23)14-18-8-4-3-5-9-18/h3-13H,14-16H2,1-2H3,(H,26,28,31). The van der Waals surface area contributed by atoms with Crippen molar-refractivity contribution in [2.45, 2.75) is 20.0 Å². The number of hydrogen-bond acceptors (Lipinski definition) is 4.